The molecule has 1 amide bonds. The van der Waals surface area contributed by atoms with E-state index in [0.29, 0.717) is 11.6 Å². The molecule has 2 heterocycles. The van der Waals surface area contributed by atoms with Gasteiger partial charge in [-0.25, -0.2) is 4.79 Å². The van der Waals surface area contributed by atoms with Crippen LogP contribution in [0.1, 0.15) is 46.5 Å². The summed E-state index contributed by atoms with van der Waals surface area (Å²) in [6, 6.07) is 7.81. The summed E-state index contributed by atoms with van der Waals surface area (Å²) in [6.45, 7) is 6.43. The Morgan fingerprint density at radius 3 is 2.65 bits per heavy atom. The highest BCUT2D eigenvalue weighted by Crippen LogP contribution is 2.29. The zero-order valence-corrected chi connectivity index (χ0v) is 19.0. The number of hydrogen-bond donors (Lipinski definition) is 1. The zero-order valence-electron chi connectivity index (χ0n) is 18.2. The Morgan fingerprint density at radius 2 is 1.94 bits per heavy atom. The van der Waals surface area contributed by atoms with Crippen LogP contribution in [0.25, 0.3) is 0 Å². The number of aryl methyl sites for hydroxylation is 3. The van der Waals surface area contributed by atoms with Crippen LogP contribution >= 0.6 is 11.8 Å². The molecule has 1 N–H and O–H groups in total. The van der Waals surface area contributed by atoms with Crippen LogP contribution < -0.4 is 11.0 Å². The van der Waals surface area contributed by atoms with E-state index in [1.54, 1.807) is 10.8 Å². The Labute approximate surface area is 186 Å². The second kappa shape index (κ2) is 9.14. The highest BCUT2D eigenvalue weighted by Gasteiger charge is 2.22. The van der Waals surface area contributed by atoms with E-state index in [4.69, 9.17) is 4.42 Å². The van der Waals surface area contributed by atoms with Crippen molar-refractivity contribution in [2.45, 2.75) is 58.0 Å². The predicted molar refractivity (Wildman–Crippen MR) is 123 cm³/mol. The molecule has 0 atom stereocenters. The molecule has 4 rings (SSSR count). The van der Waals surface area contributed by atoms with Crippen molar-refractivity contribution in [2.75, 3.05) is 11.1 Å². The molecule has 0 bridgehead atoms. The molecule has 0 fully saturated rings. The van der Waals surface area contributed by atoms with Gasteiger partial charge in [-0.05, 0) is 69.7 Å². The fourth-order valence-electron chi connectivity index (χ4n) is 4.28. The normalized spacial score (nSPS) is 13.1. The van der Waals surface area contributed by atoms with E-state index in [2.05, 4.69) is 22.4 Å². The van der Waals surface area contributed by atoms with Crippen LogP contribution in [-0.2, 0) is 24.2 Å². The fourth-order valence-corrected chi connectivity index (χ4v) is 5.15. The van der Waals surface area contributed by atoms with Crippen molar-refractivity contribution in [1.29, 1.82) is 0 Å². The number of benzene rings is 1. The molecule has 1 aliphatic carbocycles. The maximum absolute atomic E-state index is 12.8. The van der Waals surface area contributed by atoms with Crippen molar-refractivity contribution in [3.8, 4) is 0 Å². The van der Waals surface area contributed by atoms with Gasteiger partial charge in [0, 0.05) is 16.9 Å². The molecular weight excluding hydrogens is 410 g/mol. The number of rotatable bonds is 6. The van der Waals surface area contributed by atoms with Crippen molar-refractivity contribution in [2.24, 2.45) is 0 Å². The first-order valence-electron chi connectivity index (χ1n) is 10.6. The molecule has 6 nitrogen and oxygen atoms in total. The third kappa shape index (κ3) is 4.77. The number of carbonyl (C=O) groups is 1. The Bertz CT molecular complexity index is 1140. The van der Waals surface area contributed by atoms with Gasteiger partial charge < -0.3 is 9.73 Å². The van der Waals surface area contributed by atoms with Crippen molar-refractivity contribution in [3.05, 3.63) is 74.7 Å². The van der Waals surface area contributed by atoms with Crippen molar-refractivity contribution < 1.29 is 9.21 Å². The smallest absolute Gasteiger partial charge is 0.349 e. The summed E-state index contributed by atoms with van der Waals surface area (Å²) in [5.74, 6) is 0.861. The van der Waals surface area contributed by atoms with Gasteiger partial charge in [0.25, 0.3) is 0 Å². The number of thioether (sulfide) groups is 1. The number of anilines is 1. The van der Waals surface area contributed by atoms with Gasteiger partial charge >= 0.3 is 5.69 Å². The number of carbonyl (C=O) groups excluding carboxylic acids is 1. The van der Waals surface area contributed by atoms with E-state index >= 15 is 0 Å². The molecule has 162 valence electrons. The van der Waals surface area contributed by atoms with Gasteiger partial charge in [0.2, 0.25) is 5.91 Å². The number of amides is 1. The molecule has 0 unspecified atom stereocenters. The molecule has 0 saturated carbocycles. The van der Waals surface area contributed by atoms with Crippen LogP contribution in [0.2, 0.25) is 0 Å². The van der Waals surface area contributed by atoms with Crippen LogP contribution in [0.3, 0.4) is 0 Å². The topological polar surface area (TPSA) is 77.1 Å². The minimum Gasteiger partial charge on any atom is -0.467 e. The predicted octanol–water partition coefficient (Wildman–Crippen LogP) is 4.42. The second-order valence-corrected chi connectivity index (χ2v) is 9.07. The van der Waals surface area contributed by atoms with Crippen molar-refractivity contribution in [3.63, 3.8) is 0 Å². The van der Waals surface area contributed by atoms with Gasteiger partial charge in [-0.2, -0.15) is 4.98 Å². The van der Waals surface area contributed by atoms with Gasteiger partial charge in [0.15, 0.2) is 0 Å². The van der Waals surface area contributed by atoms with E-state index in [-0.39, 0.29) is 17.3 Å². The zero-order chi connectivity index (χ0) is 22.0. The lowest BCUT2D eigenvalue weighted by Gasteiger charge is -2.22. The average molecular weight is 438 g/mol. The summed E-state index contributed by atoms with van der Waals surface area (Å²) in [5, 5.41) is 3.71. The van der Waals surface area contributed by atoms with E-state index < -0.39 is 0 Å². The average Bonchev–Trinajstić information content (AvgIpc) is 3.25. The first-order valence-corrected chi connectivity index (χ1v) is 11.6. The van der Waals surface area contributed by atoms with Gasteiger partial charge in [-0.3, -0.25) is 9.36 Å². The van der Waals surface area contributed by atoms with Crippen molar-refractivity contribution in [1.82, 2.24) is 9.55 Å². The molecule has 1 aliphatic rings. The Hall–Kier alpha value is -2.80. The van der Waals surface area contributed by atoms with Gasteiger partial charge in [-0.15, -0.1) is 0 Å². The van der Waals surface area contributed by atoms with E-state index in [0.717, 1.165) is 59.5 Å². The lowest BCUT2D eigenvalue weighted by atomic mass is 9.97. The van der Waals surface area contributed by atoms with Gasteiger partial charge in [0.05, 0.1) is 18.6 Å². The lowest BCUT2D eigenvalue weighted by Crippen LogP contribution is -2.30. The number of nitrogens with zero attached hydrogens (tertiary/aromatic N) is 2. The van der Waals surface area contributed by atoms with Crippen LogP contribution in [0.15, 0.2) is 44.8 Å². The quantitative estimate of drug-likeness (QED) is 0.456. The molecule has 0 spiro atoms. The monoisotopic (exact) mass is 437 g/mol. The summed E-state index contributed by atoms with van der Waals surface area (Å²) < 4.78 is 7.15. The van der Waals surface area contributed by atoms with Crippen LogP contribution in [0.4, 0.5) is 5.69 Å². The number of aromatic nitrogens is 2. The highest BCUT2D eigenvalue weighted by atomic mass is 32.2. The molecule has 1 aromatic carbocycles. The largest absolute Gasteiger partial charge is 0.467 e. The summed E-state index contributed by atoms with van der Waals surface area (Å²) in [7, 11) is 0. The summed E-state index contributed by atoms with van der Waals surface area (Å²) in [5.41, 5.74) is 5.96. The number of hydrogen-bond acceptors (Lipinski definition) is 5. The first kappa shape index (κ1) is 21.4. The molecule has 0 saturated heterocycles. The van der Waals surface area contributed by atoms with Crippen LogP contribution in [-0.4, -0.2) is 21.2 Å². The lowest BCUT2D eigenvalue weighted by molar-refractivity contribution is -0.113. The number of fused-ring (bicyclic) bond motifs is 1. The molecule has 2 aromatic heterocycles. The molecule has 0 radical (unpaired) electrons. The van der Waals surface area contributed by atoms with Crippen LogP contribution in [0, 0.1) is 20.8 Å². The Balaban J connectivity index is 1.53. The summed E-state index contributed by atoms with van der Waals surface area (Å²) in [6.07, 6.45) is 5.44. The third-order valence-electron chi connectivity index (χ3n) is 5.63. The minimum absolute atomic E-state index is 0.0915. The van der Waals surface area contributed by atoms with Crippen molar-refractivity contribution >= 4 is 23.4 Å². The van der Waals surface area contributed by atoms with E-state index in [9.17, 15) is 9.59 Å². The second-order valence-electron chi connectivity index (χ2n) is 8.11. The standard InChI is InChI=1S/C24H27N3O3S/c1-15-11-16(2)22(17(3)12-15)25-21(28)14-31-23-19-8-4-5-9-20(19)27(24(29)26-23)13-18-7-6-10-30-18/h6-7,10-12H,4-5,8-9,13-14H2,1-3H3,(H,25,28). The number of nitrogens with one attached hydrogen (secondary N) is 1. The fraction of sp³-hybridized carbons (Fsp3) is 0.375. The van der Waals surface area contributed by atoms with Crippen LogP contribution in [0.5, 0.6) is 0 Å². The number of furan rings is 1. The highest BCUT2D eigenvalue weighted by molar-refractivity contribution is 8.00. The molecular formula is C24H27N3O3S. The van der Waals surface area contributed by atoms with Gasteiger partial charge in [0.1, 0.15) is 10.8 Å². The minimum atomic E-state index is -0.287. The Morgan fingerprint density at radius 1 is 1.19 bits per heavy atom. The SMILES string of the molecule is Cc1cc(C)c(NC(=O)CSc2nc(=O)n(Cc3ccco3)c3c2CCCC3)c(C)c1. The van der Waals surface area contributed by atoms with E-state index in [1.807, 2.05) is 32.9 Å². The van der Waals surface area contributed by atoms with Gasteiger partial charge in [-0.1, -0.05) is 29.5 Å². The van der Waals surface area contributed by atoms with E-state index in [1.165, 1.54) is 17.3 Å². The summed E-state index contributed by atoms with van der Waals surface area (Å²) in [4.78, 5) is 29.8. The maximum Gasteiger partial charge on any atom is 0.349 e. The first-order chi connectivity index (χ1) is 14.9. The third-order valence-corrected chi connectivity index (χ3v) is 6.64. The summed E-state index contributed by atoms with van der Waals surface area (Å²) >= 11 is 1.35. The molecule has 3 aromatic rings. The molecule has 31 heavy (non-hydrogen) atoms. The maximum atomic E-state index is 12.8. The Kier molecular flexibility index (Phi) is 6.32. The molecule has 0 aliphatic heterocycles. The molecule has 7 heteroatoms.